The van der Waals surface area contributed by atoms with Crippen LogP contribution in [0.3, 0.4) is 0 Å². The summed E-state index contributed by atoms with van der Waals surface area (Å²) in [6.45, 7) is 11.5. The zero-order valence-corrected chi connectivity index (χ0v) is 25.3. The maximum atomic E-state index is 12.2. The lowest BCUT2D eigenvalue weighted by molar-refractivity contribution is -0.159. The number of thioether (sulfide) groups is 1. The molecule has 0 unspecified atom stereocenters. The molecule has 10 nitrogen and oxygen atoms in total. The molecule has 3 aromatic rings. The topological polar surface area (TPSA) is 128 Å². The van der Waals surface area contributed by atoms with Gasteiger partial charge in [0.25, 0.3) is 0 Å². The summed E-state index contributed by atoms with van der Waals surface area (Å²) < 4.78 is 40.9. The number of hydrogen-bond acceptors (Lipinski definition) is 11. The lowest BCUT2D eigenvalue weighted by atomic mass is 9.85. The van der Waals surface area contributed by atoms with Crippen LogP contribution in [0.15, 0.2) is 17.4 Å². The molecule has 38 heavy (non-hydrogen) atoms. The smallest absolute Gasteiger partial charge is 0.209 e. The van der Waals surface area contributed by atoms with Gasteiger partial charge in [-0.3, -0.25) is 4.98 Å². The Balaban J connectivity index is 1.55. The molecule has 2 aliphatic rings. The first-order valence-corrected chi connectivity index (χ1v) is 16.4. The molecule has 1 aliphatic heterocycles. The van der Waals surface area contributed by atoms with Crippen molar-refractivity contribution in [2.24, 2.45) is 5.92 Å². The maximum Gasteiger partial charge on any atom is 0.209 e. The van der Waals surface area contributed by atoms with Gasteiger partial charge in [0.15, 0.2) is 10.9 Å². The summed E-state index contributed by atoms with van der Waals surface area (Å²) in [7, 11) is -3.43. The van der Waals surface area contributed by atoms with Gasteiger partial charge in [-0.15, -0.1) is 11.3 Å². The second-order valence-electron chi connectivity index (χ2n) is 11.0. The number of nitrogens with one attached hydrogen (secondary N) is 2. The number of ether oxygens (including phenoxy) is 2. The third kappa shape index (κ3) is 5.28. The molecule has 1 saturated heterocycles. The first-order chi connectivity index (χ1) is 17.7. The van der Waals surface area contributed by atoms with Crippen LogP contribution in [0.1, 0.15) is 45.5 Å². The molecule has 1 aliphatic carbocycles. The molecule has 13 heteroatoms. The van der Waals surface area contributed by atoms with Crippen LogP contribution in [-0.2, 0) is 19.5 Å². The molecule has 0 bridgehead atoms. The molecule has 2 N–H and O–H groups in total. The van der Waals surface area contributed by atoms with Crippen molar-refractivity contribution in [1.29, 1.82) is 0 Å². The van der Waals surface area contributed by atoms with Gasteiger partial charge in [-0.1, -0.05) is 11.8 Å². The molecule has 1 saturated carbocycles. The van der Waals surface area contributed by atoms with Gasteiger partial charge in [-0.2, -0.15) is 0 Å². The fraction of sp³-hybridized carbons (Fsp3) is 0.600. The van der Waals surface area contributed by atoms with Crippen molar-refractivity contribution < 1.29 is 17.9 Å². The van der Waals surface area contributed by atoms with Crippen molar-refractivity contribution in [3.63, 3.8) is 0 Å². The van der Waals surface area contributed by atoms with E-state index in [0.29, 0.717) is 17.4 Å². The highest BCUT2D eigenvalue weighted by atomic mass is 32.2. The molecule has 0 amide bonds. The van der Waals surface area contributed by atoms with E-state index in [2.05, 4.69) is 15.0 Å². The molecule has 4 heterocycles. The van der Waals surface area contributed by atoms with Crippen molar-refractivity contribution in [2.75, 3.05) is 17.8 Å². The van der Waals surface area contributed by atoms with Crippen molar-refractivity contribution in [1.82, 2.24) is 24.7 Å². The van der Waals surface area contributed by atoms with Crippen LogP contribution in [0.2, 0.25) is 0 Å². The lowest BCUT2D eigenvalue weighted by Gasteiger charge is -2.35. The number of fused-ring (bicyclic) bond motifs is 2. The molecule has 206 valence electrons. The lowest BCUT2D eigenvalue weighted by Crippen LogP contribution is -2.52. The molecule has 2 fully saturated rings. The Labute approximate surface area is 231 Å². The Hall–Kier alpha value is -1.90. The van der Waals surface area contributed by atoms with Crippen LogP contribution in [0.5, 0.6) is 0 Å². The fourth-order valence-electron chi connectivity index (χ4n) is 5.64. The Bertz CT molecular complexity index is 1490. The number of rotatable bonds is 7. The van der Waals surface area contributed by atoms with Gasteiger partial charge in [0, 0.05) is 17.7 Å². The van der Waals surface area contributed by atoms with Crippen LogP contribution in [0.25, 0.3) is 20.8 Å². The monoisotopic (exact) mass is 578 g/mol. The quantitative estimate of drug-likeness (QED) is 0.312. The van der Waals surface area contributed by atoms with Crippen molar-refractivity contribution in [3.8, 4) is 10.6 Å². The van der Waals surface area contributed by atoms with Crippen molar-refractivity contribution >= 4 is 49.2 Å². The number of anilines is 1. The Morgan fingerprint density at radius 2 is 1.84 bits per heavy atom. The second-order valence-corrected chi connectivity index (χ2v) is 14.6. The average molecular weight is 579 g/mol. The number of aryl methyl sites for hydroxylation is 2. The third-order valence-electron chi connectivity index (χ3n) is 7.12. The number of sulfonamides is 1. The largest absolute Gasteiger partial charge is 0.364 e. The second kappa shape index (κ2) is 9.63. The van der Waals surface area contributed by atoms with Gasteiger partial charge in [0.1, 0.15) is 22.4 Å². The number of pyridine rings is 1. The van der Waals surface area contributed by atoms with Gasteiger partial charge in [0.05, 0.1) is 40.1 Å². The molecule has 0 spiro atoms. The molecular weight excluding hydrogens is 545 g/mol. The minimum absolute atomic E-state index is 0.135. The molecule has 5 rings (SSSR count). The van der Waals surface area contributed by atoms with Gasteiger partial charge < -0.3 is 14.8 Å². The van der Waals surface area contributed by atoms with Crippen LogP contribution >= 0.6 is 23.1 Å². The minimum Gasteiger partial charge on any atom is -0.364 e. The van der Waals surface area contributed by atoms with Gasteiger partial charge >= 0.3 is 0 Å². The summed E-state index contributed by atoms with van der Waals surface area (Å²) in [4.78, 5) is 18.9. The van der Waals surface area contributed by atoms with Crippen LogP contribution < -0.4 is 10.0 Å². The first kappa shape index (κ1) is 27.7. The molecular formula is C25H34N6O4S3. The van der Waals surface area contributed by atoms with Crippen LogP contribution in [0.4, 0.5) is 5.82 Å². The summed E-state index contributed by atoms with van der Waals surface area (Å²) >= 11 is 3.06. The number of aromatic nitrogens is 4. The maximum absolute atomic E-state index is 12.2. The highest BCUT2D eigenvalue weighted by Gasteiger charge is 2.58. The Kier molecular flexibility index (Phi) is 7.01. The van der Waals surface area contributed by atoms with E-state index in [1.54, 1.807) is 17.5 Å². The van der Waals surface area contributed by atoms with Gasteiger partial charge in [0.2, 0.25) is 10.0 Å². The zero-order chi connectivity index (χ0) is 27.6. The highest BCUT2D eigenvalue weighted by molar-refractivity contribution is 7.98. The Morgan fingerprint density at radius 1 is 1.13 bits per heavy atom. The number of thiazole rings is 1. The average Bonchev–Trinajstić information content (AvgIpc) is 3.44. The highest BCUT2D eigenvalue weighted by Crippen LogP contribution is 2.47. The summed E-state index contributed by atoms with van der Waals surface area (Å²) in [6.07, 6.45) is 4.96. The predicted octanol–water partition coefficient (Wildman–Crippen LogP) is 4.14. The third-order valence-corrected chi connectivity index (χ3v) is 9.60. The minimum atomic E-state index is -3.43. The molecule has 0 radical (unpaired) electrons. The Morgan fingerprint density at radius 3 is 2.50 bits per heavy atom. The van der Waals surface area contributed by atoms with E-state index in [-0.39, 0.29) is 24.2 Å². The zero-order valence-electron chi connectivity index (χ0n) is 22.8. The van der Waals surface area contributed by atoms with E-state index in [4.69, 9.17) is 24.4 Å². The van der Waals surface area contributed by atoms with E-state index in [0.717, 1.165) is 32.2 Å². The molecule has 3 aromatic heterocycles. The molecule has 4 atom stereocenters. The van der Waals surface area contributed by atoms with E-state index in [1.807, 2.05) is 53.9 Å². The summed E-state index contributed by atoms with van der Waals surface area (Å²) in [6, 6.07) is 1.80. The SMILES string of the molecule is CSc1nc(C)c(-c2nc3c(C)nccc3s2)c(N[C@@H]2C[C@H](C(C)(C)NS(C)(=O)=O)[C@H]3OC(C)(C)O[C@H]32)n1. The normalized spacial score (nSPS) is 25.2. The molecule has 0 aromatic carbocycles. The first-order valence-electron chi connectivity index (χ1n) is 12.4. The summed E-state index contributed by atoms with van der Waals surface area (Å²) in [5.74, 6) is -0.246. The standard InChI is InChI=1S/C25H34N6O4S3/c1-12-17(22-29-18-13(2)26-10-9-16(18)37-22)21(30-23(27-12)36-7)28-15-11-14(24(3,4)31-38(8,32)33)19-20(15)35-25(5,6)34-19/h9-10,14-15,19-20,31H,11H2,1-8H3,(H,27,28,30)/t14-,15+,19+,20-/m0/s1. The fourth-order valence-corrected chi connectivity index (χ4v) is 8.27. The van der Waals surface area contributed by atoms with E-state index in [1.165, 1.54) is 18.0 Å². The van der Waals surface area contributed by atoms with Gasteiger partial charge in [-0.25, -0.2) is 28.1 Å². The van der Waals surface area contributed by atoms with Crippen LogP contribution in [-0.4, -0.2) is 70.4 Å². The van der Waals surface area contributed by atoms with Crippen molar-refractivity contribution in [2.45, 2.75) is 82.7 Å². The number of nitrogens with zero attached hydrogens (tertiary/aromatic N) is 4. The van der Waals surface area contributed by atoms with E-state index >= 15 is 0 Å². The van der Waals surface area contributed by atoms with Crippen LogP contribution in [0, 0.1) is 19.8 Å². The van der Waals surface area contributed by atoms with E-state index in [9.17, 15) is 8.42 Å². The predicted molar refractivity (Wildman–Crippen MR) is 151 cm³/mol. The van der Waals surface area contributed by atoms with Gasteiger partial charge in [-0.05, 0) is 60.3 Å². The summed E-state index contributed by atoms with van der Waals surface area (Å²) in [5.41, 5.74) is 2.67. The van der Waals surface area contributed by atoms with E-state index < -0.39 is 21.3 Å². The number of hydrogen-bond donors (Lipinski definition) is 2. The summed E-state index contributed by atoms with van der Waals surface area (Å²) in [5, 5.41) is 5.13. The van der Waals surface area contributed by atoms with Crippen molar-refractivity contribution in [3.05, 3.63) is 23.7 Å².